The van der Waals surface area contributed by atoms with Crippen molar-refractivity contribution in [3.63, 3.8) is 0 Å². The molecule has 2 rings (SSSR count). The zero-order valence-corrected chi connectivity index (χ0v) is 8.34. The third-order valence-corrected chi connectivity index (χ3v) is 2.43. The first-order valence-corrected chi connectivity index (χ1v) is 4.55. The van der Waals surface area contributed by atoms with Gasteiger partial charge in [0.05, 0.1) is 5.69 Å². The average Bonchev–Trinajstić information content (AvgIpc) is 2.57. The molecule has 60 valence electrons. The van der Waals surface area contributed by atoms with Crippen molar-refractivity contribution in [2.75, 3.05) is 0 Å². The van der Waals surface area contributed by atoms with Crippen molar-refractivity contribution in [2.45, 2.75) is 0 Å². The Bertz CT molecular complexity index is 370. The molecule has 0 N–H and O–H groups in total. The monoisotopic (exact) mass is 271 g/mol. The van der Waals surface area contributed by atoms with Crippen LogP contribution in [0.1, 0.15) is 0 Å². The third-order valence-electron chi connectivity index (χ3n) is 1.52. The molecule has 1 aromatic carbocycles. The highest BCUT2D eigenvalue weighted by Gasteiger charge is 1.99. The Balaban J connectivity index is 2.55. The molecular weight excluding hydrogens is 265 g/mol. The number of hydrogen-bond donors (Lipinski definition) is 0. The minimum Gasteiger partial charge on any atom is -0.223 e. The maximum absolute atomic E-state index is 4.05. The molecule has 0 aliphatic heterocycles. The average molecular weight is 271 g/mol. The SMILES string of the molecule is Ic1ccccc1-n1cncn1. The quantitative estimate of drug-likeness (QED) is 0.741. The molecule has 0 amide bonds. The molecule has 0 unspecified atom stereocenters. The smallest absolute Gasteiger partial charge is 0.138 e. The van der Waals surface area contributed by atoms with Crippen LogP contribution >= 0.6 is 22.6 Å². The number of benzene rings is 1. The van der Waals surface area contributed by atoms with E-state index in [0.717, 1.165) is 5.69 Å². The van der Waals surface area contributed by atoms with E-state index < -0.39 is 0 Å². The fraction of sp³-hybridized carbons (Fsp3) is 0. The second-order valence-electron chi connectivity index (χ2n) is 2.29. The first-order chi connectivity index (χ1) is 5.88. The topological polar surface area (TPSA) is 30.7 Å². The van der Waals surface area contributed by atoms with Gasteiger partial charge in [-0.05, 0) is 34.7 Å². The Hall–Kier alpha value is -0.910. The highest BCUT2D eigenvalue weighted by Crippen LogP contribution is 2.14. The van der Waals surface area contributed by atoms with Gasteiger partial charge in [-0.1, -0.05) is 12.1 Å². The summed E-state index contributed by atoms with van der Waals surface area (Å²) < 4.78 is 2.92. The van der Waals surface area contributed by atoms with Crippen LogP contribution in [0.25, 0.3) is 5.69 Å². The third kappa shape index (κ3) is 1.34. The molecule has 0 aliphatic carbocycles. The highest BCUT2D eigenvalue weighted by molar-refractivity contribution is 14.1. The van der Waals surface area contributed by atoms with Crippen molar-refractivity contribution in [1.29, 1.82) is 0 Å². The van der Waals surface area contributed by atoms with E-state index in [1.54, 1.807) is 11.0 Å². The van der Waals surface area contributed by atoms with Crippen LogP contribution in [-0.2, 0) is 0 Å². The predicted octanol–water partition coefficient (Wildman–Crippen LogP) is 1.87. The van der Waals surface area contributed by atoms with Crippen LogP contribution in [0.4, 0.5) is 0 Å². The van der Waals surface area contributed by atoms with Crippen molar-refractivity contribution < 1.29 is 0 Å². The predicted molar refractivity (Wildman–Crippen MR) is 54.1 cm³/mol. The Kier molecular flexibility index (Phi) is 2.07. The Morgan fingerprint density at radius 1 is 1.25 bits per heavy atom. The van der Waals surface area contributed by atoms with E-state index in [4.69, 9.17) is 0 Å². The number of rotatable bonds is 1. The Morgan fingerprint density at radius 2 is 2.08 bits per heavy atom. The normalized spacial score (nSPS) is 10.1. The van der Waals surface area contributed by atoms with Crippen LogP contribution in [-0.4, -0.2) is 14.8 Å². The van der Waals surface area contributed by atoms with Gasteiger partial charge in [0.1, 0.15) is 12.7 Å². The molecule has 2 aromatic rings. The van der Waals surface area contributed by atoms with Crippen LogP contribution in [0.3, 0.4) is 0 Å². The van der Waals surface area contributed by atoms with E-state index in [-0.39, 0.29) is 0 Å². The van der Waals surface area contributed by atoms with Crippen molar-refractivity contribution in [2.24, 2.45) is 0 Å². The Morgan fingerprint density at radius 3 is 2.75 bits per heavy atom. The van der Waals surface area contributed by atoms with E-state index in [2.05, 4.69) is 32.7 Å². The van der Waals surface area contributed by atoms with Gasteiger partial charge in [-0.15, -0.1) is 0 Å². The van der Waals surface area contributed by atoms with Crippen LogP contribution in [0.5, 0.6) is 0 Å². The zero-order chi connectivity index (χ0) is 8.39. The summed E-state index contributed by atoms with van der Waals surface area (Å²) in [6.07, 6.45) is 3.22. The van der Waals surface area contributed by atoms with Crippen molar-refractivity contribution in [3.05, 3.63) is 40.5 Å². The standard InChI is InChI=1S/C8H6IN3/c9-7-3-1-2-4-8(7)12-6-10-5-11-12/h1-6H. The first kappa shape index (κ1) is 7.72. The molecule has 0 spiro atoms. The van der Waals surface area contributed by atoms with Crippen molar-refractivity contribution in [1.82, 2.24) is 14.8 Å². The van der Waals surface area contributed by atoms with Crippen molar-refractivity contribution in [3.8, 4) is 5.69 Å². The molecule has 0 atom stereocenters. The van der Waals surface area contributed by atoms with Gasteiger partial charge in [-0.2, -0.15) is 5.10 Å². The second-order valence-corrected chi connectivity index (χ2v) is 3.45. The number of nitrogens with zero attached hydrogens (tertiary/aromatic N) is 3. The van der Waals surface area contributed by atoms with E-state index in [1.807, 2.05) is 24.3 Å². The summed E-state index contributed by atoms with van der Waals surface area (Å²) in [6, 6.07) is 8.04. The van der Waals surface area contributed by atoms with Gasteiger partial charge < -0.3 is 0 Å². The van der Waals surface area contributed by atoms with Crippen LogP contribution in [0.15, 0.2) is 36.9 Å². The summed E-state index contributed by atoms with van der Waals surface area (Å²) in [4.78, 5) is 3.89. The fourth-order valence-electron chi connectivity index (χ4n) is 0.970. The molecule has 0 aliphatic rings. The van der Waals surface area contributed by atoms with Gasteiger partial charge in [0.25, 0.3) is 0 Å². The van der Waals surface area contributed by atoms with Gasteiger partial charge in [0.2, 0.25) is 0 Å². The van der Waals surface area contributed by atoms with Gasteiger partial charge in [-0.3, -0.25) is 0 Å². The van der Waals surface area contributed by atoms with Gasteiger partial charge in [0.15, 0.2) is 0 Å². The largest absolute Gasteiger partial charge is 0.223 e. The summed E-state index contributed by atoms with van der Waals surface area (Å²) in [5.41, 5.74) is 1.07. The molecule has 4 heteroatoms. The van der Waals surface area contributed by atoms with Gasteiger partial charge >= 0.3 is 0 Å². The van der Waals surface area contributed by atoms with Crippen molar-refractivity contribution >= 4 is 22.6 Å². The lowest BCUT2D eigenvalue weighted by Crippen LogP contribution is -1.96. The summed E-state index contributed by atoms with van der Waals surface area (Å²) in [6.45, 7) is 0. The highest BCUT2D eigenvalue weighted by atomic mass is 127. The van der Waals surface area contributed by atoms with Gasteiger partial charge in [0, 0.05) is 3.57 Å². The molecule has 0 fully saturated rings. The van der Waals surface area contributed by atoms with E-state index >= 15 is 0 Å². The minimum atomic E-state index is 1.07. The lowest BCUT2D eigenvalue weighted by molar-refractivity contribution is 0.874. The van der Waals surface area contributed by atoms with E-state index in [0.29, 0.717) is 0 Å². The van der Waals surface area contributed by atoms with Crippen LogP contribution in [0, 0.1) is 3.57 Å². The lowest BCUT2D eigenvalue weighted by atomic mass is 10.3. The number of para-hydroxylation sites is 1. The number of halogens is 1. The maximum atomic E-state index is 4.05. The summed E-state index contributed by atoms with van der Waals surface area (Å²) in [5.74, 6) is 0. The van der Waals surface area contributed by atoms with E-state index in [9.17, 15) is 0 Å². The molecule has 0 saturated heterocycles. The molecule has 1 aromatic heterocycles. The molecule has 12 heavy (non-hydrogen) atoms. The second kappa shape index (κ2) is 3.22. The lowest BCUT2D eigenvalue weighted by Gasteiger charge is -2.01. The summed E-state index contributed by atoms with van der Waals surface area (Å²) in [7, 11) is 0. The van der Waals surface area contributed by atoms with E-state index in [1.165, 1.54) is 9.90 Å². The molecule has 0 saturated carbocycles. The summed E-state index contributed by atoms with van der Waals surface area (Å²) in [5, 5.41) is 4.05. The van der Waals surface area contributed by atoms with Crippen LogP contribution < -0.4 is 0 Å². The van der Waals surface area contributed by atoms with Crippen LogP contribution in [0.2, 0.25) is 0 Å². The zero-order valence-electron chi connectivity index (χ0n) is 6.18. The fourth-order valence-corrected chi connectivity index (χ4v) is 1.60. The van der Waals surface area contributed by atoms with Gasteiger partial charge in [-0.25, -0.2) is 9.67 Å². The molecule has 3 nitrogen and oxygen atoms in total. The molecular formula is C8H6IN3. The number of aromatic nitrogens is 3. The molecule has 0 bridgehead atoms. The first-order valence-electron chi connectivity index (χ1n) is 3.47. The minimum absolute atomic E-state index is 1.07. The Labute approximate surface area is 83.6 Å². The number of hydrogen-bond acceptors (Lipinski definition) is 2. The summed E-state index contributed by atoms with van der Waals surface area (Å²) >= 11 is 2.27. The maximum Gasteiger partial charge on any atom is 0.138 e. The molecule has 0 radical (unpaired) electrons. The molecule has 1 heterocycles.